The third-order valence-electron chi connectivity index (χ3n) is 3.45. The highest BCUT2D eigenvalue weighted by atomic mass is 16.5. The Kier molecular flexibility index (Phi) is 6.36. The molecule has 120 valence electrons. The summed E-state index contributed by atoms with van der Waals surface area (Å²) in [6, 6.07) is 5.97. The molecule has 1 atom stereocenters. The second kappa shape index (κ2) is 8.51. The molecule has 1 aromatic rings. The van der Waals surface area contributed by atoms with Gasteiger partial charge < -0.3 is 19.9 Å². The van der Waals surface area contributed by atoms with E-state index in [9.17, 15) is 9.59 Å². The molecule has 2 rings (SSSR count). The van der Waals surface area contributed by atoms with Crippen molar-refractivity contribution in [1.82, 2.24) is 5.32 Å². The highest BCUT2D eigenvalue weighted by Gasteiger charge is 2.15. The van der Waals surface area contributed by atoms with Gasteiger partial charge in [0.25, 0.3) is 5.91 Å². The summed E-state index contributed by atoms with van der Waals surface area (Å²) in [7, 11) is 0. The number of hydrogen-bond acceptors (Lipinski definition) is 4. The summed E-state index contributed by atoms with van der Waals surface area (Å²) in [5.41, 5.74) is 0.452. The Bertz CT molecular complexity index is 511. The zero-order valence-electron chi connectivity index (χ0n) is 12.4. The summed E-state index contributed by atoms with van der Waals surface area (Å²) in [4.78, 5) is 22.8. The van der Waals surface area contributed by atoms with Crippen LogP contribution >= 0.6 is 0 Å². The number of hydrogen-bond donors (Lipinski definition) is 2. The summed E-state index contributed by atoms with van der Waals surface area (Å²) in [6.07, 6.45) is 3.07. The van der Waals surface area contributed by atoms with Crippen molar-refractivity contribution in [3.63, 3.8) is 0 Å². The van der Waals surface area contributed by atoms with Crippen LogP contribution in [0.25, 0.3) is 0 Å². The lowest BCUT2D eigenvalue weighted by atomic mass is 10.1. The van der Waals surface area contributed by atoms with Gasteiger partial charge in [0.05, 0.1) is 18.3 Å². The fourth-order valence-corrected chi connectivity index (χ4v) is 2.26. The molecule has 6 heteroatoms. The quantitative estimate of drug-likeness (QED) is 0.714. The minimum atomic E-state index is -1.04. The Hall–Kier alpha value is -1.92. The molecular weight excluding hydrogens is 286 g/mol. The third kappa shape index (κ3) is 5.13. The van der Waals surface area contributed by atoms with E-state index < -0.39 is 5.97 Å². The van der Waals surface area contributed by atoms with Gasteiger partial charge in [0.2, 0.25) is 0 Å². The first kappa shape index (κ1) is 16.5. The fourth-order valence-electron chi connectivity index (χ4n) is 2.26. The van der Waals surface area contributed by atoms with Crippen LogP contribution in [0.1, 0.15) is 40.0 Å². The lowest BCUT2D eigenvalue weighted by molar-refractivity contribution is 0.0166. The number of amides is 1. The van der Waals surface area contributed by atoms with Gasteiger partial charge in [-0.05, 0) is 37.5 Å². The van der Waals surface area contributed by atoms with Gasteiger partial charge in [-0.25, -0.2) is 4.79 Å². The Morgan fingerprint density at radius 2 is 2.18 bits per heavy atom. The van der Waals surface area contributed by atoms with Crippen molar-refractivity contribution < 1.29 is 24.2 Å². The first-order valence-electron chi connectivity index (χ1n) is 7.47. The van der Waals surface area contributed by atoms with Crippen molar-refractivity contribution in [2.75, 3.05) is 26.4 Å². The highest BCUT2D eigenvalue weighted by Crippen LogP contribution is 2.11. The number of rotatable bonds is 8. The van der Waals surface area contributed by atoms with Crippen LogP contribution in [0.5, 0.6) is 0 Å². The Morgan fingerprint density at radius 3 is 2.91 bits per heavy atom. The van der Waals surface area contributed by atoms with Gasteiger partial charge in [-0.3, -0.25) is 4.79 Å². The average Bonchev–Trinajstić information content (AvgIpc) is 3.04. The van der Waals surface area contributed by atoms with E-state index in [1.54, 1.807) is 12.1 Å². The van der Waals surface area contributed by atoms with E-state index in [0.29, 0.717) is 31.7 Å². The molecule has 22 heavy (non-hydrogen) atoms. The van der Waals surface area contributed by atoms with Crippen molar-refractivity contribution in [3.05, 3.63) is 35.4 Å². The van der Waals surface area contributed by atoms with Crippen LogP contribution in [0.2, 0.25) is 0 Å². The second-order valence-corrected chi connectivity index (χ2v) is 5.21. The molecule has 2 N–H and O–H groups in total. The topological polar surface area (TPSA) is 84.9 Å². The van der Waals surface area contributed by atoms with Crippen molar-refractivity contribution in [2.45, 2.75) is 25.4 Å². The van der Waals surface area contributed by atoms with E-state index >= 15 is 0 Å². The van der Waals surface area contributed by atoms with Crippen LogP contribution in [0.4, 0.5) is 0 Å². The van der Waals surface area contributed by atoms with E-state index in [1.165, 1.54) is 12.1 Å². The number of carboxylic acid groups (broad SMARTS) is 1. The fraction of sp³-hybridized carbons (Fsp3) is 0.500. The van der Waals surface area contributed by atoms with Crippen LogP contribution in [0, 0.1) is 0 Å². The Morgan fingerprint density at radius 1 is 1.36 bits per heavy atom. The van der Waals surface area contributed by atoms with Crippen LogP contribution in [-0.4, -0.2) is 49.5 Å². The molecule has 1 unspecified atom stereocenters. The van der Waals surface area contributed by atoms with Crippen LogP contribution in [0.15, 0.2) is 24.3 Å². The molecule has 1 aromatic carbocycles. The molecular formula is C16H21NO5. The Balaban J connectivity index is 1.63. The SMILES string of the molecule is O=C(O)c1cccc(C(=O)NCCCOCC2CCCO2)c1. The molecule has 0 bridgehead atoms. The van der Waals surface area contributed by atoms with Gasteiger partial charge in [-0.2, -0.15) is 0 Å². The number of aromatic carboxylic acids is 1. The summed E-state index contributed by atoms with van der Waals surface area (Å²) < 4.78 is 10.9. The molecule has 1 aliphatic heterocycles. The highest BCUT2D eigenvalue weighted by molar-refractivity contribution is 5.97. The molecule has 0 aliphatic carbocycles. The Labute approximate surface area is 129 Å². The molecule has 0 saturated carbocycles. The van der Waals surface area contributed by atoms with Crippen LogP contribution in [-0.2, 0) is 9.47 Å². The number of carboxylic acids is 1. The smallest absolute Gasteiger partial charge is 0.335 e. The van der Waals surface area contributed by atoms with E-state index in [4.69, 9.17) is 14.6 Å². The van der Waals surface area contributed by atoms with E-state index in [2.05, 4.69) is 5.32 Å². The number of benzene rings is 1. The number of carbonyl (C=O) groups is 2. The predicted octanol–water partition coefficient (Wildman–Crippen LogP) is 1.70. The summed E-state index contributed by atoms with van der Waals surface area (Å²) in [5.74, 6) is -1.32. The molecule has 1 heterocycles. The molecule has 0 spiro atoms. The maximum absolute atomic E-state index is 11.9. The van der Waals surface area contributed by atoms with Gasteiger partial charge in [0, 0.05) is 25.3 Å². The standard InChI is InChI=1S/C16H21NO5/c18-15(12-4-1-5-13(10-12)16(19)20)17-7-3-8-21-11-14-6-2-9-22-14/h1,4-5,10,14H,2-3,6-9,11H2,(H,17,18)(H,19,20). The predicted molar refractivity (Wildman–Crippen MR) is 80.1 cm³/mol. The number of nitrogens with one attached hydrogen (secondary N) is 1. The number of ether oxygens (including phenoxy) is 2. The molecule has 0 aromatic heterocycles. The minimum absolute atomic E-state index is 0.104. The first-order chi connectivity index (χ1) is 10.7. The largest absolute Gasteiger partial charge is 0.478 e. The third-order valence-corrected chi connectivity index (χ3v) is 3.45. The number of carbonyl (C=O) groups excluding carboxylic acids is 1. The van der Waals surface area contributed by atoms with Crippen LogP contribution in [0.3, 0.4) is 0 Å². The van der Waals surface area contributed by atoms with Crippen molar-refractivity contribution >= 4 is 11.9 Å². The molecule has 1 fully saturated rings. The van der Waals surface area contributed by atoms with Gasteiger partial charge in [-0.15, -0.1) is 0 Å². The van der Waals surface area contributed by atoms with Gasteiger partial charge >= 0.3 is 5.97 Å². The zero-order chi connectivity index (χ0) is 15.8. The monoisotopic (exact) mass is 307 g/mol. The first-order valence-corrected chi connectivity index (χ1v) is 7.47. The van der Waals surface area contributed by atoms with Gasteiger partial charge in [0.15, 0.2) is 0 Å². The molecule has 1 saturated heterocycles. The van der Waals surface area contributed by atoms with Crippen molar-refractivity contribution in [3.8, 4) is 0 Å². The van der Waals surface area contributed by atoms with Gasteiger partial charge in [-0.1, -0.05) is 6.07 Å². The molecule has 6 nitrogen and oxygen atoms in total. The molecule has 1 aliphatic rings. The lowest BCUT2D eigenvalue weighted by Crippen LogP contribution is -2.26. The lowest BCUT2D eigenvalue weighted by Gasteiger charge is -2.10. The van der Waals surface area contributed by atoms with Crippen molar-refractivity contribution in [2.24, 2.45) is 0 Å². The molecule has 1 amide bonds. The van der Waals surface area contributed by atoms with E-state index in [0.717, 1.165) is 19.4 Å². The zero-order valence-corrected chi connectivity index (χ0v) is 12.4. The summed E-state index contributed by atoms with van der Waals surface area (Å²) in [5, 5.41) is 11.6. The van der Waals surface area contributed by atoms with Crippen molar-refractivity contribution in [1.29, 1.82) is 0 Å². The summed E-state index contributed by atoms with van der Waals surface area (Å²) in [6.45, 7) is 2.48. The van der Waals surface area contributed by atoms with Gasteiger partial charge in [0.1, 0.15) is 0 Å². The minimum Gasteiger partial charge on any atom is -0.478 e. The average molecular weight is 307 g/mol. The second-order valence-electron chi connectivity index (χ2n) is 5.21. The normalized spacial score (nSPS) is 17.4. The van der Waals surface area contributed by atoms with Crippen LogP contribution < -0.4 is 5.32 Å². The maximum atomic E-state index is 11.9. The van der Waals surface area contributed by atoms with E-state index in [-0.39, 0.29) is 17.6 Å². The van der Waals surface area contributed by atoms with E-state index in [1.807, 2.05) is 0 Å². The molecule has 0 radical (unpaired) electrons. The summed E-state index contributed by atoms with van der Waals surface area (Å²) >= 11 is 0. The maximum Gasteiger partial charge on any atom is 0.335 e.